The van der Waals surface area contributed by atoms with Gasteiger partial charge in [-0.25, -0.2) is 21.9 Å². The van der Waals surface area contributed by atoms with Crippen LogP contribution in [0.4, 0.5) is 14.5 Å². The van der Waals surface area contributed by atoms with Crippen LogP contribution in [0, 0.1) is 23.5 Å². The van der Waals surface area contributed by atoms with E-state index in [-0.39, 0.29) is 12.5 Å². The predicted octanol–water partition coefficient (Wildman–Crippen LogP) is 2.65. The first kappa shape index (κ1) is 16.2. The maximum atomic E-state index is 13.8. The molecule has 1 aliphatic rings. The van der Waals surface area contributed by atoms with E-state index in [1.165, 1.54) is 0 Å². The maximum Gasteiger partial charge on any atom is 0.243 e. The lowest BCUT2D eigenvalue weighted by atomic mass is 9.83. The summed E-state index contributed by atoms with van der Waals surface area (Å²) in [6.45, 7) is 2.41. The van der Waals surface area contributed by atoms with Crippen molar-refractivity contribution in [2.24, 2.45) is 11.8 Å². The highest BCUT2D eigenvalue weighted by Crippen LogP contribution is 2.28. The first-order chi connectivity index (χ1) is 9.81. The molecule has 1 fully saturated rings. The van der Waals surface area contributed by atoms with Crippen molar-refractivity contribution in [2.45, 2.75) is 37.5 Å². The van der Waals surface area contributed by atoms with Gasteiger partial charge in [0.2, 0.25) is 10.0 Å². The fourth-order valence-electron chi connectivity index (χ4n) is 2.81. The Balaban J connectivity index is 2.10. The number of halogens is 2. The summed E-state index contributed by atoms with van der Waals surface area (Å²) < 4.78 is 53.5. The minimum atomic E-state index is -4.02. The summed E-state index contributed by atoms with van der Waals surface area (Å²) in [5.74, 6) is -1.37. The molecule has 2 atom stereocenters. The number of anilines is 1. The van der Waals surface area contributed by atoms with Crippen molar-refractivity contribution in [3.63, 3.8) is 0 Å². The van der Waals surface area contributed by atoms with Gasteiger partial charge in [0.25, 0.3) is 0 Å². The molecule has 1 saturated carbocycles. The largest absolute Gasteiger partial charge is 0.394 e. The number of benzene rings is 1. The predicted molar refractivity (Wildman–Crippen MR) is 77.1 cm³/mol. The number of hydrogen-bond donors (Lipinski definition) is 2. The standard InChI is InChI=1S/C14H20F2N2O2S/c1-9-3-2-4-10(7-9)8-18-21(19,20)12-6-5-11(15)14(17)13(12)16/h5-6,9-10,18H,2-4,7-8,17H2,1H3. The second kappa shape index (κ2) is 6.27. The lowest BCUT2D eigenvalue weighted by Gasteiger charge is -2.26. The lowest BCUT2D eigenvalue weighted by molar-refractivity contribution is 0.283. The minimum Gasteiger partial charge on any atom is -0.394 e. The van der Waals surface area contributed by atoms with E-state index in [2.05, 4.69) is 11.6 Å². The van der Waals surface area contributed by atoms with E-state index >= 15 is 0 Å². The van der Waals surface area contributed by atoms with E-state index in [9.17, 15) is 17.2 Å². The summed E-state index contributed by atoms with van der Waals surface area (Å²) in [7, 11) is -4.02. The molecule has 0 spiro atoms. The van der Waals surface area contributed by atoms with Gasteiger partial charge in [-0.3, -0.25) is 0 Å². The van der Waals surface area contributed by atoms with Crippen LogP contribution < -0.4 is 10.5 Å². The fraction of sp³-hybridized carbons (Fsp3) is 0.571. The third-order valence-corrected chi connectivity index (χ3v) is 5.43. The molecule has 21 heavy (non-hydrogen) atoms. The average molecular weight is 318 g/mol. The van der Waals surface area contributed by atoms with E-state index in [0.29, 0.717) is 5.92 Å². The molecule has 3 N–H and O–H groups in total. The molecule has 0 saturated heterocycles. The third kappa shape index (κ3) is 3.71. The van der Waals surface area contributed by atoms with Gasteiger partial charge >= 0.3 is 0 Å². The highest BCUT2D eigenvalue weighted by Gasteiger charge is 2.25. The van der Waals surface area contributed by atoms with Gasteiger partial charge in [0.1, 0.15) is 16.4 Å². The molecule has 118 valence electrons. The number of rotatable bonds is 4. The van der Waals surface area contributed by atoms with Crippen LogP contribution in [0.1, 0.15) is 32.6 Å². The Morgan fingerprint density at radius 1 is 1.33 bits per heavy atom. The molecule has 1 aromatic rings. The molecular formula is C14H20F2N2O2S. The highest BCUT2D eigenvalue weighted by atomic mass is 32.2. The smallest absolute Gasteiger partial charge is 0.243 e. The molecule has 2 unspecified atom stereocenters. The molecule has 1 aliphatic carbocycles. The second-order valence-electron chi connectivity index (χ2n) is 5.76. The van der Waals surface area contributed by atoms with Crippen molar-refractivity contribution < 1.29 is 17.2 Å². The summed E-state index contributed by atoms with van der Waals surface area (Å²) in [4.78, 5) is -0.606. The molecule has 2 rings (SSSR count). The van der Waals surface area contributed by atoms with Gasteiger partial charge in [0, 0.05) is 6.54 Å². The summed E-state index contributed by atoms with van der Waals surface area (Å²) >= 11 is 0. The Labute approximate surface area is 123 Å². The van der Waals surface area contributed by atoms with Crippen molar-refractivity contribution in [2.75, 3.05) is 12.3 Å². The molecule has 0 aromatic heterocycles. The average Bonchev–Trinajstić information content (AvgIpc) is 2.43. The molecule has 0 heterocycles. The topological polar surface area (TPSA) is 72.2 Å². The van der Waals surface area contributed by atoms with Crippen LogP contribution in [0.15, 0.2) is 17.0 Å². The van der Waals surface area contributed by atoms with Gasteiger partial charge in [-0.1, -0.05) is 19.8 Å². The molecule has 0 radical (unpaired) electrons. The molecule has 1 aromatic carbocycles. The molecular weight excluding hydrogens is 298 g/mol. The molecule has 7 heteroatoms. The van der Waals surface area contributed by atoms with E-state index < -0.39 is 32.2 Å². The summed E-state index contributed by atoms with van der Waals surface area (Å²) in [5.41, 5.74) is 4.42. The molecule has 4 nitrogen and oxygen atoms in total. The lowest BCUT2D eigenvalue weighted by Crippen LogP contribution is -2.32. The Morgan fingerprint density at radius 3 is 2.71 bits per heavy atom. The Bertz CT molecular complexity index is 620. The number of sulfonamides is 1. The van der Waals surface area contributed by atoms with E-state index in [1.54, 1.807) is 0 Å². The van der Waals surface area contributed by atoms with Crippen molar-refractivity contribution in [3.8, 4) is 0 Å². The Morgan fingerprint density at radius 2 is 2.05 bits per heavy atom. The fourth-order valence-corrected chi connectivity index (χ4v) is 4.01. The Kier molecular flexibility index (Phi) is 4.83. The summed E-state index contributed by atoms with van der Waals surface area (Å²) in [6.07, 6.45) is 4.15. The van der Waals surface area contributed by atoms with Gasteiger partial charge in [0.15, 0.2) is 5.82 Å². The van der Waals surface area contributed by atoms with Crippen LogP contribution >= 0.6 is 0 Å². The minimum absolute atomic E-state index is 0.254. The van der Waals surface area contributed by atoms with Crippen molar-refractivity contribution in [3.05, 3.63) is 23.8 Å². The number of nitrogens with two attached hydrogens (primary N) is 1. The number of nitrogens with one attached hydrogen (secondary N) is 1. The first-order valence-electron chi connectivity index (χ1n) is 7.04. The third-order valence-electron chi connectivity index (χ3n) is 3.99. The van der Waals surface area contributed by atoms with Crippen molar-refractivity contribution in [1.29, 1.82) is 0 Å². The van der Waals surface area contributed by atoms with Gasteiger partial charge in [0.05, 0.1) is 0 Å². The monoisotopic (exact) mass is 318 g/mol. The van der Waals surface area contributed by atoms with Crippen LogP contribution in [0.5, 0.6) is 0 Å². The van der Waals surface area contributed by atoms with Crippen LogP contribution in [0.2, 0.25) is 0 Å². The van der Waals surface area contributed by atoms with E-state index in [0.717, 1.165) is 37.8 Å². The van der Waals surface area contributed by atoms with Crippen LogP contribution in [-0.2, 0) is 10.0 Å². The van der Waals surface area contributed by atoms with E-state index in [1.807, 2.05) is 0 Å². The van der Waals surface area contributed by atoms with Gasteiger partial charge < -0.3 is 5.73 Å². The SMILES string of the molecule is CC1CCCC(CNS(=O)(=O)c2ccc(F)c(N)c2F)C1. The zero-order valence-corrected chi connectivity index (χ0v) is 12.7. The zero-order chi connectivity index (χ0) is 15.6. The van der Waals surface area contributed by atoms with Crippen LogP contribution in [-0.4, -0.2) is 15.0 Å². The normalized spacial score (nSPS) is 23.2. The Hall–Kier alpha value is -1.21. The zero-order valence-electron chi connectivity index (χ0n) is 11.9. The van der Waals surface area contributed by atoms with Crippen LogP contribution in [0.3, 0.4) is 0 Å². The number of nitrogen functional groups attached to an aromatic ring is 1. The summed E-state index contributed by atoms with van der Waals surface area (Å²) in [5, 5.41) is 0. The highest BCUT2D eigenvalue weighted by molar-refractivity contribution is 7.89. The van der Waals surface area contributed by atoms with Gasteiger partial charge in [-0.15, -0.1) is 0 Å². The van der Waals surface area contributed by atoms with Crippen molar-refractivity contribution >= 4 is 15.7 Å². The maximum absolute atomic E-state index is 13.8. The molecule has 0 amide bonds. The summed E-state index contributed by atoms with van der Waals surface area (Å²) in [6, 6.07) is 1.75. The van der Waals surface area contributed by atoms with Gasteiger partial charge in [-0.05, 0) is 36.8 Å². The van der Waals surface area contributed by atoms with Gasteiger partial charge in [-0.2, -0.15) is 0 Å². The first-order valence-corrected chi connectivity index (χ1v) is 8.52. The van der Waals surface area contributed by atoms with Crippen LogP contribution in [0.25, 0.3) is 0 Å². The molecule has 0 aliphatic heterocycles. The quantitative estimate of drug-likeness (QED) is 0.838. The van der Waals surface area contributed by atoms with E-state index in [4.69, 9.17) is 5.73 Å². The second-order valence-corrected chi connectivity index (χ2v) is 7.50. The van der Waals surface area contributed by atoms with Crippen molar-refractivity contribution in [1.82, 2.24) is 4.72 Å². The molecule has 0 bridgehead atoms. The number of hydrogen-bond acceptors (Lipinski definition) is 3.